The first-order valence-corrected chi connectivity index (χ1v) is 8.64. The third-order valence-corrected chi connectivity index (χ3v) is 5.53. The van der Waals surface area contributed by atoms with E-state index in [9.17, 15) is 0 Å². The Labute approximate surface area is 147 Å². The van der Waals surface area contributed by atoms with Crippen molar-refractivity contribution < 1.29 is 0 Å². The first-order chi connectivity index (χ1) is 12.1. The van der Waals surface area contributed by atoms with Gasteiger partial charge in [-0.05, 0) is 30.2 Å². The highest BCUT2D eigenvalue weighted by Gasteiger charge is 2.54. The third kappa shape index (κ3) is 1.77. The van der Waals surface area contributed by atoms with E-state index >= 15 is 0 Å². The molecule has 1 unspecified atom stereocenters. The summed E-state index contributed by atoms with van der Waals surface area (Å²) < 4.78 is 0. The second-order valence-corrected chi connectivity index (χ2v) is 7.37. The smallest absolute Gasteiger partial charge is 0.162 e. The van der Waals surface area contributed by atoms with Gasteiger partial charge in [0.1, 0.15) is 18.2 Å². The van der Waals surface area contributed by atoms with Crippen LogP contribution in [0.25, 0.3) is 0 Å². The van der Waals surface area contributed by atoms with Gasteiger partial charge in [0.05, 0.1) is 6.20 Å². The molecule has 3 aromatic rings. The van der Waals surface area contributed by atoms with Crippen LogP contribution in [0.5, 0.6) is 0 Å². The highest BCUT2D eigenvalue weighted by atomic mass is 15.5. The molecule has 0 aliphatic carbocycles. The van der Waals surface area contributed by atoms with E-state index in [4.69, 9.17) is 0 Å². The molecule has 0 radical (unpaired) electrons. The number of hydrogen-bond donors (Lipinski definition) is 0. The molecule has 2 aliphatic heterocycles. The number of fused-ring (bicyclic) bond motifs is 5. The van der Waals surface area contributed by atoms with Crippen molar-refractivity contribution in [1.29, 1.82) is 0 Å². The second-order valence-electron chi connectivity index (χ2n) is 7.37. The van der Waals surface area contributed by atoms with Crippen molar-refractivity contribution in [2.45, 2.75) is 32.4 Å². The lowest BCUT2D eigenvalue weighted by molar-refractivity contribution is 0.449. The van der Waals surface area contributed by atoms with Crippen LogP contribution >= 0.6 is 0 Å². The van der Waals surface area contributed by atoms with Gasteiger partial charge in [-0.25, -0.2) is 9.97 Å². The fraction of sp³-hybridized carbons (Fsp3) is 0.238. The number of benzene rings is 2. The number of rotatable bonds is 1. The molecule has 1 atom stereocenters. The van der Waals surface area contributed by atoms with Crippen molar-refractivity contribution in [2.24, 2.45) is 0 Å². The SMILES string of the molecule is Cc1ccccc1N1c2ncncc2N2c3ccccc3C(C)(C)C21. The Hall–Kier alpha value is -2.88. The monoisotopic (exact) mass is 328 g/mol. The van der Waals surface area contributed by atoms with Crippen molar-refractivity contribution in [3.05, 3.63) is 72.2 Å². The maximum Gasteiger partial charge on any atom is 0.162 e. The zero-order chi connectivity index (χ0) is 17.2. The number of aryl methyl sites for hydroxylation is 1. The van der Waals surface area contributed by atoms with E-state index in [2.05, 4.69) is 89.1 Å². The van der Waals surface area contributed by atoms with Crippen LogP contribution in [0.1, 0.15) is 25.0 Å². The molecule has 0 amide bonds. The van der Waals surface area contributed by atoms with Gasteiger partial charge in [0.25, 0.3) is 0 Å². The Bertz CT molecular complexity index is 979. The van der Waals surface area contributed by atoms with Crippen LogP contribution in [0, 0.1) is 6.92 Å². The topological polar surface area (TPSA) is 32.3 Å². The highest BCUT2D eigenvalue weighted by Crippen LogP contribution is 2.58. The molecule has 5 rings (SSSR count). The van der Waals surface area contributed by atoms with E-state index in [1.165, 1.54) is 22.5 Å². The van der Waals surface area contributed by atoms with Gasteiger partial charge in [-0.1, -0.05) is 50.2 Å². The summed E-state index contributed by atoms with van der Waals surface area (Å²) in [6, 6.07) is 17.2. The lowest BCUT2D eigenvalue weighted by atomic mass is 9.83. The lowest BCUT2D eigenvalue weighted by Gasteiger charge is -2.36. The van der Waals surface area contributed by atoms with Gasteiger partial charge in [0.15, 0.2) is 5.82 Å². The van der Waals surface area contributed by atoms with Crippen LogP contribution in [0.15, 0.2) is 61.1 Å². The minimum Gasteiger partial charge on any atom is -0.314 e. The van der Waals surface area contributed by atoms with Crippen molar-refractivity contribution in [1.82, 2.24) is 9.97 Å². The van der Waals surface area contributed by atoms with Gasteiger partial charge < -0.3 is 9.80 Å². The van der Waals surface area contributed by atoms with Gasteiger partial charge in [-0.2, -0.15) is 0 Å². The number of nitrogens with zero attached hydrogens (tertiary/aromatic N) is 4. The Morgan fingerprint density at radius 1 is 0.880 bits per heavy atom. The van der Waals surface area contributed by atoms with Crippen molar-refractivity contribution in [3.8, 4) is 0 Å². The molecule has 124 valence electrons. The summed E-state index contributed by atoms with van der Waals surface area (Å²) >= 11 is 0. The molecule has 3 heterocycles. The summed E-state index contributed by atoms with van der Waals surface area (Å²) in [4.78, 5) is 13.7. The molecule has 0 saturated carbocycles. The Balaban J connectivity index is 1.81. The molecule has 0 spiro atoms. The molecule has 0 fully saturated rings. The molecule has 0 N–H and O–H groups in total. The van der Waals surface area contributed by atoms with E-state index in [0.29, 0.717) is 0 Å². The first-order valence-electron chi connectivity index (χ1n) is 8.64. The fourth-order valence-electron chi connectivity index (χ4n) is 4.39. The third-order valence-electron chi connectivity index (χ3n) is 5.53. The summed E-state index contributed by atoms with van der Waals surface area (Å²) in [6.07, 6.45) is 3.73. The van der Waals surface area contributed by atoms with Gasteiger partial charge in [0, 0.05) is 16.8 Å². The van der Waals surface area contributed by atoms with E-state index in [1.807, 2.05) is 6.20 Å². The van der Waals surface area contributed by atoms with Crippen molar-refractivity contribution in [3.63, 3.8) is 0 Å². The van der Waals surface area contributed by atoms with E-state index in [0.717, 1.165) is 11.5 Å². The molecular weight excluding hydrogens is 308 g/mol. The van der Waals surface area contributed by atoms with Crippen LogP contribution < -0.4 is 9.80 Å². The average Bonchev–Trinajstić information content (AvgIpc) is 3.08. The summed E-state index contributed by atoms with van der Waals surface area (Å²) in [5.74, 6) is 0.983. The molecular formula is C21H20N4. The van der Waals surface area contributed by atoms with Crippen LogP contribution in [0.3, 0.4) is 0 Å². The highest BCUT2D eigenvalue weighted by molar-refractivity contribution is 5.90. The molecule has 0 saturated heterocycles. The molecule has 2 aromatic carbocycles. The van der Waals surface area contributed by atoms with Gasteiger partial charge in [-0.15, -0.1) is 0 Å². The Kier molecular flexibility index (Phi) is 2.79. The number of anilines is 4. The molecule has 0 bridgehead atoms. The Morgan fingerprint density at radius 3 is 2.40 bits per heavy atom. The predicted octanol–water partition coefficient (Wildman–Crippen LogP) is 4.69. The van der Waals surface area contributed by atoms with Crippen molar-refractivity contribution in [2.75, 3.05) is 9.80 Å². The van der Waals surface area contributed by atoms with Crippen LogP contribution in [0.2, 0.25) is 0 Å². The molecule has 4 heteroatoms. The van der Waals surface area contributed by atoms with E-state index in [1.54, 1.807) is 6.33 Å². The number of hydrogen-bond acceptors (Lipinski definition) is 4. The number of para-hydroxylation sites is 2. The predicted molar refractivity (Wildman–Crippen MR) is 101 cm³/mol. The van der Waals surface area contributed by atoms with E-state index in [-0.39, 0.29) is 11.6 Å². The normalized spacial score (nSPS) is 19.6. The molecule has 25 heavy (non-hydrogen) atoms. The van der Waals surface area contributed by atoms with Gasteiger partial charge in [-0.3, -0.25) is 0 Å². The summed E-state index contributed by atoms with van der Waals surface area (Å²) in [5.41, 5.74) is 6.11. The fourth-order valence-corrected chi connectivity index (χ4v) is 4.39. The quantitative estimate of drug-likeness (QED) is 0.648. The summed E-state index contributed by atoms with van der Waals surface area (Å²) in [6.45, 7) is 6.80. The van der Waals surface area contributed by atoms with E-state index < -0.39 is 0 Å². The minimum absolute atomic E-state index is 0.0421. The second kappa shape index (κ2) is 4.82. The van der Waals surface area contributed by atoms with Crippen LogP contribution in [0.4, 0.5) is 22.9 Å². The first kappa shape index (κ1) is 14.5. The zero-order valence-electron chi connectivity index (χ0n) is 14.6. The minimum atomic E-state index is -0.0421. The van der Waals surface area contributed by atoms with Gasteiger partial charge in [0.2, 0.25) is 0 Å². The summed E-state index contributed by atoms with van der Waals surface area (Å²) in [7, 11) is 0. The summed E-state index contributed by atoms with van der Waals surface area (Å²) in [5, 5.41) is 0. The molecule has 4 nitrogen and oxygen atoms in total. The molecule has 1 aromatic heterocycles. The molecule has 2 aliphatic rings. The zero-order valence-corrected chi connectivity index (χ0v) is 14.6. The van der Waals surface area contributed by atoms with Crippen molar-refractivity contribution >= 4 is 22.9 Å². The number of aromatic nitrogens is 2. The van der Waals surface area contributed by atoms with Crippen LogP contribution in [-0.2, 0) is 5.41 Å². The maximum absolute atomic E-state index is 4.65. The average molecular weight is 328 g/mol. The largest absolute Gasteiger partial charge is 0.314 e. The lowest BCUT2D eigenvalue weighted by Crippen LogP contribution is -2.46. The maximum atomic E-state index is 4.65. The standard InChI is InChI=1S/C21H20N4/c1-14-8-4-6-10-16(14)25-19-18(12-22-13-23-19)24-17-11-7-5-9-15(17)21(2,3)20(24)25/h4-13,20H,1-3H3. The Morgan fingerprint density at radius 2 is 1.60 bits per heavy atom. The van der Waals surface area contributed by atoms with Crippen LogP contribution in [-0.4, -0.2) is 16.1 Å². The van der Waals surface area contributed by atoms with Gasteiger partial charge >= 0.3 is 0 Å².